The molecule has 0 aromatic carbocycles. The van der Waals surface area contributed by atoms with Crippen LogP contribution in [0.1, 0.15) is 0 Å². The number of rotatable bonds is 3. The number of likely N-dealkylation sites (N-methyl/N-ethyl adjacent to an activating group) is 1. The molecule has 0 radical (unpaired) electrons. The fourth-order valence-electron chi connectivity index (χ4n) is 2.88. The maximum Gasteiger partial charge on any atom is 0.228 e. The molecular formula is C13H18N8O. The minimum atomic E-state index is 0.0329. The molecule has 0 atom stereocenters. The largest absolute Gasteiger partial charge is 0.351 e. The Kier molecular flexibility index (Phi) is 3.16. The lowest BCUT2D eigenvalue weighted by Gasteiger charge is -2.45. The maximum atomic E-state index is 12.4. The summed E-state index contributed by atoms with van der Waals surface area (Å²) in [4.78, 5) is 16.4. The Morgan fingerprint density at radius 2 is 2.09 bits per heavy atom. The van der Waals surface area contributed by atoms with Gasteiger partial charge in [-0.25, -0.2) is 0 Å². The van der Waals surface area contributed by atoms with E-state index in [0.717, 1.165) is 24.6 Å². The number of carbonyl (C=O) groups excluding carboxylic acids is 1. The van der Waals surface area contributed by atoms with Gasteiger partial charge in [-0.1, -0.05) is 0 Å². The summed E-state index contributed by atoms with van der Waals surface area (Å²) in [5.74, 6) is 1.11. The first-order valence-corrected chi connectivity index (χ1v) is 7.37. The van der Waals surface area contributed by atoms with Crippen molar-refractivity contribution in [3.63, 3.8) is 0 Å². The van der Waals surface area contributed by atoms with Gasteiger partial charge in [-0.3, -0.25) is 15.6 Å². The monoisotopic (exact) mass is 302 g/mol. The molecule has 2 aliphatic rings. The van der Waals surface area contributed by atoms with Crippen molar-refractivity contribution < 1.29 is 4.79 Å². The zero-order chi connectivity index (χ0) is 15.1. The van der Waals surface area contributed by atoms with E-state index in [1.54, 1.807) is 10.8 Å². The van der Waals surface area contributed by atoms with Crippen LogP contribution in [-0.2, 0) is 4.79 Å². The Morgan fingerprint density at radius 1 is 1.32 bits per heavy atom. The molecule has 2 saturated heterocycles. The smallest absolute Gasteiger partial charge is 0.228 e. The number of fused-ring (bicyclic) bond motifs is 1. The Hall–Kier alpha value is -2.26. The molecule has 2 fully saturated rings. The van der Waals surface area contributed by atoms with Crippen molar-refractivity contribution in [2.75, 3.05) is 38.1 Å². The minimum Gasteiger partial charge on any atom is -0.351 e. The molecule has 0 saturated carbocycles. The predicted molar refractivity (Wildman–Crippen MR) is 79.0 cm³/mol. The zero-order valence-electron chi connectivity index (χ0n) is 12.3. The molecule has 22 heavy (non-hydrogen) atoms. The predicted octanol–water partition coefficient (Wildman–Crippen LogP) is -1.50. The lowest BCUT2D eigenvalue weighted by atomic mass is 10.0. The summed E-state index contributed by atoms with van der Waals surface area (Å²) in [7, 11) is 1.89. The zero-order valence-corrected chi connectivity index (χ0v) is 12.3. The Bertz CT molecular complexity index is 688. The van der Waals surface area contributed by atoms with E-state index in [4.69, 9.17) is 0 Å². The highest BCUT2D eigenvalue weighted by Crippen LogP contribution is 2.22. The van der Waals surface area contributed by atoms with Gasteiger partial charge in [-0.15, -0.1) is 15.3 Å². The van der Waals surface area contributed by atoms with Gasteiger partial charge in [0, 0.05) is 33.2 Å². The van der Waals surface area contributed by atoms with E-state index in [9.17, 15) is 4.79 Å². The Labute approximate surface area is 127 Å². The fraction of sp³-hybridized carbons (Fsp3) is 0.538. The fourth-order valence-corrected chi connectivity index (χ4v) is 2.88. The van der Waals surface area contributed by atoms with Gasteiger partial charge in [-0.2, -0.15) is 4.52 Å². The SMILES string of the molecule is CN(C(=O)C1CNNC1)C1CN(c2ccc3nncn3n2)C1. The van der Waals surface area contributed by atoms with Crippen LogP contribution in [0.2, 0.25) is 0 Å². The van der Waals surface area contributed by atoms with Crippen LogP contribution in [0.3, 0.4) is 0 Å². The molecule has 0 bridgehead atoms. The summed E-state index contributed by atoms with van der Waals surface area (Å²) in [5, 5.41) is 12.2. The van der Waals surface area contributed by atoms with Crippen LogP contribution in [0.25, 0.3) is 5.65 Å². The van der Waals surface area contributed by atoms with Crippen LogP contribution in [-0.4, -0.2) is 69.9 Å². The highest BCUT2D eigenvalue weighted by atomic mass is 16.2. The van der Waals surface area contributed by atoms with Crippen molar-refractivity contribution in [2.45, 2.75) is 6.04 Å². The van der Waals surface area contributed by atoms with Gasteiger partial charge in [0.25, 0.3) is 0 Å². The number of amides is 1. The second kappa shape index (κ2) is 5.18. The Balaban J connectivity index is 1.39. The molecule has 2 N–H and O–H groups in total. The van der Waals surface area contributed by atoms with E-state index in [-0.39, 0.29) is 17.9 Å². The number of nitrogens with zero attached hydrogens (tertiary/aromatic N) is 6. The summed E-state index contributed by atoms with van der Waals surface area (Å²) < 4.78 is 1.66. The summed E-state index contributed by atoms with van der Waals surface area (Å²) in [5.41, 5.74) is 6.73. The molecular weight excluding hydrogens is 284 g/mol. The third-order valence-electron chi connectivity index (χ3n) is 4.40. The van der Waals surface area contributed by atoms with Crippen molar-refractivity contribution in [1.82, 2.24) is 35.6 Å². The van der Waals surface area contributed by atoms with Crippen molar-refractivity contribution in [3.05, 3.63) is 18.5 Å². The molecule has 2 aromatic heterocycles. The molecule has 9 heteroatoms. The van der Waals surface area contributed by atoms with Gasteiger partial charge in [0.05, 0.1) is 12.0 Å². The molecule has 2 aliphatic heterocycles. The van der Waals surface area contributed by atoms with Crippen LogP contribution in [0.15, 0.2) is 18.5 Å². The highest BCUT2D eigenvalue weighted by molar-refractivity contribution is 5.80. The molecule has 2 aromatic rings. The van der Waals surface area contributed by atoms with Crippen LogP contribution in [0.5, 0.6) is 0 Å². The lowest BCUT2D eigenvalue weighted by molar-refractivity contribution is -0.135. The maximum absolute atomic E-state index is 12.4. The topological polar surface area (TPSA) is 90.7 Å². The van der Waals surface area contributed by atoms with Crippen LogP contribution in [0.4, 0.5) is 5.82 Å². The first-order chi connectivity index (χ1) is 10.7. The molecule has 4 rings (SSSR count). The van der Waals surface area contributed by atoms with E-state index in [0.29, 0.717) is 13.1 Å². The number of hydrogen-bond donors (Lipinski definition) is 2. The first kappa shape index (κ1) is 13.4. The van der Waals surface area contributed by atoms with E-state index in [1.165, 1.54) is 0 Å². The van der Waals surface area contributed by atoms with E-state index in [1.807, 2.05) is 24.1 Å². The quantitative estimate of drug-likeness (QED) is 0.713. The number of anilines is 1. The van der Waals surface area contributed by atoms with Crippen molar-refractivity contribution in [2.24, 2.45) is 5.92 Å². The van der Waals surface area contributed by atoms with Gasteiger partial charge >= 0.3 is 0 Å². The second-order valence-corrected chi connectivity index (χ2v) is 5.79. The third kappa shape index (κ3) is 2.18. The second-order valence-electron chi connectivity index (χ2n) is 5.79. The number of hydrogen-bond acceptors (Lipinski definition) is 7. The van der Waals surface area contributed by atoms with Crippen molar-refractivity contribution in [1.29, 1.82) is 0 Å². The van der Waals surface area contributed by atoms with Crippen molar-refractivity contribution >= 4 is 17.4 Å². The van der Waals surface area contributed by atoms with Crippen LogP contribution < -0.4 is 15.8 Å². The summed E-state index contributed by atoms with van der Waals surface area (Å²) in [6.07, 6.45) is 1.59. The van der Waals surface area contributed by atoms with Gasteiger partial charge < -0.3 is 9.80 Å². The van der Waals surface area contributed by atoms with Gasteiger partial charge in [0.15, 0.2) is 5.65 Å². The molecule has 116 valence electrons. The van der Waals surface area contributed by atoms with Crippen molar-refractivity contribution in [3.8, 4) is 0 Å². The highest BCUT2D eigenvalue weighted by Gasteiger charge is 2.36. The van der Waals surface area contributed by atoms with Crippen LogP contribution >= 0.6 is 0 Å². The summed E-state index contributed by atoms with van der Waals surface area (Å²) >= 11 is 0. The molecule has 0 spiro atoms. The molecule has 0 unspecified atom stereocenters. The molecule has 9 nitrogen and oxygen atoms in total. The summed E-state index contributed by atoms with van der Waals surface area (Å²) in [6.45, 7) is 3.00. The van der Waals surface area contributed by atoms with Crippen LogP contribution in [0, 0.1) is 5.92 Å². The normalized spacial score (nSPS) is 19.6. The Morgan fingerprint density at radius 3 is 2.86 bits per heavy atom. The van der Waals surface area contributed by atoms with Gasteiger partial charge in [-0.05, 0) is 12.1 Å². The number of carbonyl (C=O) groups is 1. The number of aromatic nitrogens is 4. The molecule has 0 aliphatic carbocycles. The average molecular weight is 302 g/mol. The minimum absolute atomic E-state index is 0.0329. The van der Waals surface area contributed by atoms with E-state index >= 15 is 0 Å². The first-order valence-electron chi connectivity index (χ1n) is 7.37. The molecule has 1 amide bonds. The van der Waals surface area contributed by atoms with E-state index in [2.05, 4.69) is 31.0 Å². The van der Waals surface area contributed by atoms with Gasteiger partial charge in [0.1, 0.15) is 12.1 Å². The number of nitrogens with one attached hydrogen (secondary N) is 2. The van der Waals surface area contributed by atoms with E-state index < -0.39 is 0 Å². The number of hydrazine groups is 1. The lowest BCUT2D eigenvalue weighted by Crippen LogP contribution is -2.61. The summed E-state index contributed by atoms with van der Waals surface area (Å²) in [6, 6.07) is 4.08. The van der Waals surface area contributed by atoms with Gasteiger partial charge in [0.2, 0.25) is 5.91 Å². The standard InChI is InChI=1S/C13H18N8O/c1-19(13(22)9-4-14-15-5-9)10-6-20(7-10)12-3-2-11-17-16-8-21(11)18-12/h2-3,8-10,14-15H,4-7H2,1H3. The average Bonchev–Trinajstić information content (AvgIpc) is 3.15. The third-order valence-corrected chi connectivity index (χ3v) is 4.40. The molecule has 4 heterocycles.